The van der Waals surface area contributed by atoms with Crippen LogP contribution in [0.2, 0.25) is 5.02 Å². The largest absolute Gasteiger partial charge is 0.339 e. The lowest BCUT2D eigenvalue weighted by molar-refractivity contribution is -0.133. The van der Waals surface area contributed by atoms with Crippen molar-refractivity contribution < 1.29 is 17.6 Å². The van der Waals surface area contributed by atoms with Gasteiger partial charge in [-0.25, -0.2) is 17.8 Å². The summed E-state index contributed by atoms with van der Waals surface area (Å²) < 4.78 is 41.6. The topological polar surface area (TPSA) is 75.5 Å². The van der Waals surface area contributed by atoms with Gasteiger partial charge < -0.3 is 9.47 Å². The average Bonchev–Trinajstić information content (AvgIpc) is 3.02. The molecule has 0 radical (unpaired) electrons. The first-order chi connectivity index (χ1) is 12.3. The summed E-state index contributed by atoms with van der Waals surface area (Å²) in [4.78, 5) is 18.0. The van der Waals surface area contributed by atoms with Gasteiger partial charge in [0.05, 0.1) is 9.92 Å². The number of sulfonamides is 1. The Labute approximate surface area is 156 Å². The van der Waals surface area contributed by atoms with Crippen LogP contribution in [-0.4, -0.2) is 59.3 Å². The van der Waals surface area contributed by atoms with Gasteiger partial charge in [0.25, 0.3) is 0 Å². The van der Waals surface area contributed by atoms with Crippen molar-refractivity contribution in [3.63, 3.8) is 0 Å². The second kappa shape index (κ2) is 7.34. The number of carbonyl (C=O) groups excluding carboxylic acids is 1. The summed E-state index contributed by atoms with van der Waals surface area (Å²) in [6.07, 6.45) is 3.35. The number of hydrogen-bond donors (Lipinski definition) is 0. The molecule has 140 valence electrons. The lowest BCUT2D eigenvalue weighted by atomic mass is 10.3. The van der Waals surface area contributed by atoms with E-state index in [1.165, 1.54) is 10.4 Å². The predicted octanol–water partition coefficient (Wildman–Crippen LogP) is 1.52. The van der Waals surface area contributed by atoms with Crippen LogP contribution in [0.1, 0.15) is 5.82 Å². The third-order valence-electron chi connectivity index (χ3n) is 4.35. The van der Waals surface area contributed by atoms with Crippen molar-refractivity contribution in [1.29, 1.82) is 0 Å². The normalized spacial score (nSPS) is 16.0. The zero-order valence-corrected chi connectivity index (χ0v) is 15.7. The van der Waals surface area contributed by atoms with Crippen molar-refractivity contribution in [2.75, 3.05) is 26.2 Å². The van der Waals surface area contributed by atoms with E-state index in [1.807, 2.05) is 6.92 Å². The molecule has 2 aromatic rings. The molecule has 1 saturated heterocycles. The van der Waals surface area contributed by atoms with Crippen LogP contribution in [-0.2, 0) is 21.4 Å². The summed E-state index contributed by atoms with van der Waals surface area (Å²) in [5, 5.41) is -0.240. The van der Waals surface area contributed by atoms with E-state index in [2.05, 4.69) is 4.98 Å². The van der Waals surface area contributed by atoms with Gasteiger partial charge in [-0.3, -0.25) is 4.79 Å². The number of carbonyl (C=O) groups is 1. The molecular formula is C16H18ClFN4O3S. The summed E-state index contributed by atoms with van der Waals surface area (Å²) in [6, 6.07) is 3.32. The number of rotatable bonds is 4. The van der Waals surface area contributed by atoms with Gasteiger partial charge in [0, 0.05) is 38.6 Å². The van der Waals surface area contributed by atoms with Gasteiger partial charge in [-0.15, -0.1) is 0 Å². The molecule has 1 aromatic heterocycles. The molecule has 2 heterocycles. The fourth-order valence-corrected chi connectivity index (χ4v) is 4.47. The highest BCUT2D eigenvalue weighted by Crippen LogP contribution is 2.23. The van der Waals surface area contributed by atoms with Crippen molar-refractivity contribution in [3.05, 3.63) is 47.3 Å². The van der Waals surface area contributed by atoms with Gasteiger partial charge in [-0.1, -0.05) is 11.6 Å². The second-order valence-corrected chi connectivity index (χ2v) is 8.31. The molecule has 1 aromatic carbocycles. The summed E-state index contributed by atoms with van der Waals surface area (Å²) in [5.74, 6) is -0.0171. The van der Waals surface area contributed by atoms with Crippen LogP contribution < -0.4 is 0 Å². The molecule has 0 N–H and O–H groups in total. The first-order valence-electron chi connectivity index (χ1n) is 8.00. The first-order valence-corrected chi connectivity index (χ1v) is 9.81. The van der Waals surface area contributed by atoms with Crippen LogP contribution >= 0.6 is 11.6 Å². The van der Waals surface area contributed by atoms with Gasteiger partial charge >= 0.3 is 0 Å². The fourth-order valence-electron chi connectivity index (χ4n) is 2.78. The van der Waals surface area contributed by atoms with Crippen LogP contribution in [0.25, 0.3) is 0 Å². The Hall–Kier alpha value is -1.97. The Morgan fingerprint density at radius 3 is 2.54 bits per heavy atom. The molecule has 7 nitrogen and oxygen atoms in total. The number of benzene rings is 1. The van der Waals surface area contributed by atoms with E-state index in [-0.39, 0.29) is 35.5 Å². The Balaban J connectivity index is 1.65. The standard InChI is InChI=1S/C16H18ClFN4O3S/c1-12-19-4-5-21(12)11-16(23)20-6-8-22(9-7-20)26(24,25)13-2-3-15(18)14(17)10-13/h2-5,10H,6-9,11H2,1H3. The van der Waals surface area contributed by atoms with E-state index in [0.717, 1.165) is 18.0 Å². The molecule has 0 atom stereocenters. The number of amides is 1. The van der Waals surface area contributed by atoms with Crippen molar-refractivity contribution >= 4 is 27.5 Å². The molecular weight excluding hydrogens is 383 g/mol. The SMILES string of the molecule is Cc1nccn1CC(=O)N1CCN(S(=O)(=O)c2ccc(F)c(Cl)c2)CC1. The fraction of sp³-hybridized carbons (Fsp3) is 0.375. The zero-order chi connectivity index (χ0) is 18.9. The van der Waals surface area contributed by atoms with Crippen LogP contribution in [0.5, 0.6) is 0 Å². The maximum Gasteiger partial charge on any atom is 0.243 e. The minimum absolute atomic E-state index is 0.0577. The van der Waals surface area contributed by atoms with E-state index >= 15 is 0 Å². The van der Waals surface area contributed by atoms with E-state index in [9.17, 15) is 17.6 Å². The highest BCUT2D eigenvalue weighted by atomic mass is 35.5. The summed E-state index contributed by atoms with van der Waals surface area (Å²) in [5.41, 5.74) is 0. The smallest absolute Gasteiger partial charge is 0.243 e. The first kappa shape index (κ1) is 18.8. The molecule has 26 heavy (non-hydrogen) atoms. The number of hydrogen-bond acceptors (Lipinski definition) is 4. The van der Waals surface area contributed by atoms with Crippen LogP contribution in [0.4, 0.5) is 4.39 Å². The summed E-state index contributed by atoms with van der Waals surface area (Å²) in [6.45, 7) is 2.91. The minimum atomic E-state index is -3.78. The third kappa shape index (κ3) is 3.74. The molecule has 0 spiro atoms. The Bertz CT molecular complexity index is 923. The number of halogens is 2. The lowest BCUT2D eigenvalue weighted by Gasteiger charge is -2.34. The number of aryl methyl sites for hydroxylation is 1. The molecule has 1 aliphatic rings. The Kier molecular flexibility index (Phi) is 5.31. The molecule has 0 bridgehead atoms. The van der Waals surface area contributed by atoms with Crippen molar-refractivity contribution in [3.8, 4) is 0 Å². The summed E-state index contributed by atoms with van der Waals surface area (Å²) in [7, 11) is -3.78. The van der Waals surface area contributed by atoms with E-state index < -0.39 is 15.8 Å². The van der Waals surface area contributed by atoms with Gasteiger partial charge in [0.15, 0.2) is 0 Å². The van der Waals surface area contributed by atoms with Crippen LogP contribution in [0, 0.1) is 12.7 Å². The van der Waals surface area contributed by atoms with Crippen LogP contribution in [0.15, 0.2) is 35.5 Å². The van der Waals surface area contributed by atoms with Crippen molar-refractivity contribution in [2.24, 2.45) is 0 Å². The van der Waals surface area contributed by atoms with E-state index in [1.54, 1.807) is 21.9 Å². The average molecular weight is 401 g/mol. The maximum atomic E-state index is 13.3. The van der Waals surface area contributed by atoms with Gasteiger partial charge in [0.2, 0.25) is 15.9 Å². The lowest BCUT2D eigenvalue weighted by Crippen LogP contribution is -2.51. The summed E-state index contributed by atoms with van der Waals surface area (Å²) >= 11 is 5.69. The highest BCUT2D eigenvalue weighted by Gasteiger charge is 2.30. The van der Waals surface area contributed by atoms with Crippen molar-refractivity contribution in [2.45, 2.75) is 18.4 Å². The minimum Gasteiger partial charge on any atom is -0.339 e. The number of piperazine rings is 1. The Morgan fingerprint density at radius 2 is 1.96 bits per heavy atom. The van der Waals surface area contributed by atoms with E-state index in [4.69, 9.17) is 11.6 Å². The van der Waals surface area contributed by atoms with Crippen molar-refractivity contribution in [1.82, 2.24) is 18.8 Å². The molecule has 0 unspecified atom stereocenters. The molecule has 3 rings (SSSR count). The quantitative estimate of drug-likeness (QED) is 0.779. The Morgan fingerprint density at radius 1 is 1.27 bits per heavy atom. The van der Waals surface area contributed by atoms with E-state index in [0.29, 0.717) is 13.1 Å². The number of imidazole rings is 1. The maximum absolute atomic E-state index is 13.3. The molecule has 1 fully saturated rings. The molecule has 10 heteroatoms. The molecule has 0 saturated carbocycles. The molecule has 1 amide bonds. The van der Waals surface area contributed by atoms with Gasteiger partial charge in [-0.05, 0) is 25.1 Å². The number of nitrogens with zero attached hydrogens (tertiary/aromatic N) is 4. The zero-order valence-electron chi connectivity index (χ0n) is 14.1. The highest BCUT2D eigenvalue weighted by molar-refractivity contribution is 7.89. The van der Waals surface area contributed by atoms with Gasteiger partial charge in [-0.2, -0.15) is 4.31 Å². The molecule has 0 aliphatic carbocycles. The van der Waals surface area contributed by atoms with Gasteiger partial charge in [0.1, 0.15) is 18.2 Å². The number of aromatic nitrogens is 2. The third-order valence-corrected chi connectivity index (χ3v) is 6.53. The second-order valence-electron chi connectivity index (χ2n) is 5.96. The van der Waals surface area contributed by atoms with Crippen LogP contribution in [0.3, 0.4) is 0 Å². The monoisotopic (exact) mass is 400 g/mol. The predicted molar refractivity (Wildman–Crippen MR) is 93.7 cm³/mol. The molecule has 1 aliphatic heterocycles.